The summed E-state index contributed by atoms with van der Waals surface area (Å²) in [6.07, 6.45) is 2.10. The molecule has 0 aliphatic heterocycles. The van der Waals surface area contributed by atoms with Crippen molar-refractivity contribution in [3.8, 4) is 5.75 Å². The van der Waals surface area contributed by atoms with Gasteiger partial charge in [0.2, 0.25) is 0 Å². The van der Waals surface area contributed by atoms with E-state index in [9.17, 15) is 14.9 Å². The van der Waals surface area contributed by atoms with Crippen molar-refractivity contribution < 1.29 is 19.2 Å². The molecule has 6 heteroatoms. The third-order valence-corrected chi connectivity index (χ3v) is 2.59. The number of methoxy groups -OCH3 is 2. The molecule has 0 amide bonds. The molecule has 0 unspecified atom stereocenters. The maximum Gasteiger partial charge on any atom is 0.333 e. The molecule has 0 fully saturated rings. The zero-order valence-electron chi connectivity index (χ0n) is 11.0. The van der Waals surface area contributed by atoms with Gasteiger partial charge in [-0.05, 0) is 18.6 Å². The van der Waals surface area contributed by atoms with E-state index in [0.717, 1.165) is 0 Å². The molecule has 0 bridgehead atoms. The highest BCUT2D eigenvalue weighted by atomic mass is 16.6. The average Bonchev–Trinajstić information content (AvgIpc) is 2.43. The smallest absolute Gasteiger partial charge is 0.333 e. The maximum absolute atomic E-state index is 11.5. The zero-order valence-corrected chi connectivity index (χ0v) is 11.0. The summed E-state index contributed by atoms with van der Waals surface area (Å²) in [5.74, 6) is -0.0908. The molecule has 0 spiro atoms. The van der Waals surface area contributed by atoms with Crippen LogP contribution < -0.4 is 4.74 Å². The van der Waals surface area contributed by atoms with Crippen LogP contribution in [0.4, 0.5) is 5.69 Å². The van der Waals surface area contributed by atoms with E-state index >= 15 is 0 Å². The van der Waals surface area contributed by atoms with Gasteiger partial charge >= 0.3 is 5.97 Å². The van der Waals surface area contributed by atoms with Crippen LogP contribution >= 0.6 is 0 Å². The van der Waals surface area contributed by atoms with Crippen molar-refractivity contribution in [1.82, 2.24) is 0 Å². The van der Waals surface area contributed by atoms with E-state index in [0.29, 0.717) is 23.3 Å². The van der Waals surface area contributed by atoms with E-state index < -0.39 is 10.9 Å². The largest absolute Gasteiger partial charge is 0.496 e. The number of nitrogens with zero attached hydrogens (tertiary/aromatic N) is 1. The lowest BCUT2D eigenvalue weighted by atomic mass is 10.1. The summed E-state index contributed by atoms with van der Waals surface area (Å²) in [5.41, 5.74) is 0.995. The van der Waals surface area contributed by atoms with Crippen LogP contribution in [0.5, 0.6) is 5.75 Å². The number of carbonyl (C=O) groups is 1. The Morgan fingerprint density at radius 3 is 2.58 bits per heavy atom. The first kappa shape index (κ1) is 14.7. The molecule has 0 heterocycles. The molecule has 0 aromatic heterocycles. The van der Waals surface area contributed by atoms with E-state index in [1.54, 1.807) is 6.08 Å². The molecule has 1 rings (SSSR count). The van der Waals surface area contributed by atoms with Crippen LogP contribution in [0.15, 0.2) is 23.8 Å². The first-order valence-corrected chi connectivity index (χ1v) is 5.64. The summed E-state index contributed by atoms with van der Waals surface area (Å²) < 4.78 is 9.75. The van der Waals surface area contributed by atoms with E-state index in [-0.39, 0.29) is 5.69 Å². The summed E-state index contributed by atoms with van der Waals surface area (Å²) in [6.45, 7) is 1.82. The van der Waals surface area contributed by atoms with Crippen LogP contribution in [0.3, 0.4) is 0 Å². The van der Waals surface area contributed by atoms with Crippen LogP contribution in [0, 0.1) is 10.1 Å². The molecule has 1 aromatic carbocycles. The SMILES string of the molecule is CCC(=Cc1ccc([N+](=O)[O-])cc1OC)C(=O)OC. The fourth-order valence-electron chi connectivity index (χ4n) is 1.56. The number of rotatable bonds is 5. The van der Waals surface area contributed by atoms with Gasteiger partial charge in [-0.1, -0.05) is 6.92 Å². The fourth-order valence-corrected chi connectivity index (χ4v) is 1.56. The topological polar surface area (TPSA) is 78.7 Å². The van der Waals surface area contributed by atoms with Crippen molar-refractivity contribution in [3.05, 3.63) is 39.4 Å². The number of esters is 1. The number of carbonyl (C=O) groups excluding carboxylic acids is 1. The van der Waals surface area contributed by atoms with Crippen LogP contribution in [0.1, 0.15) is 18.9 Å². The van der Waals surface area contributed by atoms with Gasteiger partial charge in [-0.15, -0.1) is 0 Å². The average molecular weight is 265 g/mol. The van der Waals surface area contributed by atoms with E-state index in [1.165, 1.54) is 32.4 Å². The Morgan fingerprint density at radius 1 is 1.42 bits per heavy atom. The van der Waals surface area contributed by atoms with Gasteiger partial charge < -0.3 is 9.47 Å². The monoisotopic (exact) mass is 265 g/mol. The van der Waals surface area contributed by atoms with Gasteiger partial charge in [0.25, 0.3) is 5.69 Å². The zero-order chi connectivity index (χ0) is 14.4. The molecule has 0 atom stereocenters. The molecule has 0 saturated heterocycles. The third kappa shape index (κ3) is 3.54. The Kier molecular flexibility index (Phi) is 5.05. The molecule has 6 nitrogen and oxygen atoms in total. The van der Waals surface area contributed by atoms with E-state index in [1.807, 2.05) is 6.92 Å². The Hall–Kier alpha value is -2.37. The number of nitro benzene ring substituents is 1. The van der Waals surface area contributed by atoms with Crippen LogP contribution in [0.2, 0.25) is 0 Å². The van der Waals surface area contributed by atoms with Gasteiger partial charge in [-0.3, -0.25) is 10.1 Å². The van der Waals surface area contributed by atoms with Gasteiger partial charge in [0.15, 0.2) is 0 Å². The van der Waals surface area contributed by atoms with E-state index in [2.05, 4.69) is 4.74 Å². The second-order valence-corrected chi connectivity index (χ2v) is 3.70. The summed E-state index contributed by atoms with van der Waals surface area (Å²) >= 11 is 0. The Bertz CT molecular complexity index is 522. The number of ether oxygens (including phenoxy) is 2. The van der Waals surface area contributed by atoms with Gasteiger partial charge in [-0.25, -0.2) is 4.79 Å². The van der Waals surface area contributed by atoms with Crippen molar-refractivity contribution >= 4 is 17.7 Å². The molecule has 19 heavy (non-hydrogen) atoms. The van der Waals surface area contributed by atoms with Crippen molar-refractivity contribution in [3.63, 3.8) is 0 Å². The molecular formula is C13H15NO5. The first-order chi connectivity index (χ1) is 9.03. The van der Waals surface area contributed by atoms with Crippen molar-refractivity contribution in [1.29, 1.82) is 0 Å². The van der Waals surface area contributed by atoms with Crippen molar-refractivity contribution in [2.45, 2.75) is 13.3 Å². The van der Waals surface area contributed by atoms with Crippen LogP contribution in [-0.2, 0) is 9.53 Å². The Labute approximate surface area is 110 Å². The predicted molar refractivity (Wildman–Crippen MR) is 69.9 cm³/mol. The van der Waals surface area contributed by atoms with E-state index in [4.69, 9.17) is 4.74 Å². The van der Waals surface area contributed by atoms with Gasteiger partial charge in [-0.2, -0.15) is 0 Å². The summed E-state index contributed by atoms with van der Waals surface area (Å²) in [4.78, 5) is 21.7. The van der Waals surface area contributed by atoms with Crippen LogP contribution in [0.25, 0.3) is 6.08 Å². The lowest BCUT2D eigenvalue weighted by Gasteiger charge is -2.07. The van der Waals surface area contributed by atoms with Crippen LogP contribution in [-0.4, -0.2) is 25.1 Å². The molecule has 0 N–H and O–H groups in total. The molecule has 0 saturated carbocycles. The number of hydrogen-bond acceptors (Lipinski definition) is 5. The number of benzene rings is 1. The molecular weight excluding hydrogens is 250 g/mol. The normalized spacial score (nSPS) is 11.0. The minimum absolute atomic E-state index is 0.0647. The summed E-state index contributed by atoms with van der Waals surface area (Å²) in [6, 6.07) is 4.21. The lowest BCUT2D eigenvalue weighted by Crippen LogP contribution is -2.03. The number of non-ortho nitro benzene ring substituents is 1. The quantitative estimate of drug-likeness (QED) is 0.354. The highest BCUT2D eigenvalue weighted by molar-refractivity contribution is 5.94. The number of hydrogen-bond donors (Lipinski definition) is 0. The molecule has 0 aliphatic carbocycles. The van der Waals surface area contributed by atoms with Crippen molar-refractivity contribution in [2.75, 3.05) is 14.2 Å². The highest BCUT2D eigenvalue weighted by Gasteiger charge is 2.13. The van der Waals surface area contributed by atoms with Gasteiger partial charge in [0.1, 0.15) is 5.75 Å². The summed E-state index contributed by atoms with van der Waals surface area (Å²) in [7, 11) is 2.72. The standard InChI is InChI=1S/C13H15NO5/c1-4-9(13(15)19-3)7-10-5-6-11(14(16)17)8-12(10)18-2/h5-8H,4H2,1-3H3. The highest BCUT2D eigenvalue weighted by Crippen LogP contribution is 2.27. The second kappa shape index (κ2) is 6.53. The molecule has 1 aromatic rings. The summed E-state index contributed by atoms with van der Waals surface area (Å²) in [5, 5.41) is 10.7. The minimum Gasteiger partial charge on any atom is -0.496 e. The Morgan fingerprint density at radius 2 is 2.11 bits per heavy atom. The molecule has 0 aliphatic rings. The lowest BCUT2D eigenvalue weighted by molar-refractivity contribution is -0.384. The fraction of sp³-hybridized carbons (Fsp3) is 0.308. The Balaban J connectivity index is 3.23. The molecule has 102 valence electrons. The van der Waals surface area contributed by atoms with Crippen molar-refractivity contribution in [2.24, 2.45) is 0 Å². The maximum atomic E-state index is 11.5. The minimum atomic E-state index is -0.503. The first-order valence-electron chi connectivity index (χ1n) is 5.64. The van der Waals surface area contributed by atoms with Gasteiger partial charge in [0, 0.05) is 17.2 Å². The second-order valence-electron chi connectivity index (χ2n) is 3.70. The molecule has 0 radical (unpaired) electrons. The predicted octanol–water partition coefficient (Wildman–Crippen LogP) is 2.57. The van der Waals surface area contributed by atoms with Gasteiger partial charge in [0.05, 0.1) is 25.2 Å². The third-order valence-electron chi connectivity index (χ3n) is 2.59. The number of nitro groups is 1.